The number of rotatable bonds is 4. The lowest BCUT2D eigenvalue weighted by molar-refractivity contribution is 0.133. The summed E-state index contributed by atoms with van der Waals surface area (Å²) in [4.78, 5) is 11.0. The van der Waals surface area contributed by atoms with Crippen LogP contribution in [0.15, 0.2) is 54.9 Å². The minimum atomic E-state index is 0.518. The first-order valence-electron chi connectivity index (χ1n) is 9.75. The van der Waals surface area contributed by atoms with Crippen molar-refractivity contribution in [2.45, 2.75) is 6.61 Å². The second-order valence-corrected chi connectivity index (χ2v) is 7.17. The van der Waals surface area contributed by atoms with Crippen molar-refractivity contribution < 1.29 is 9.47 Å². The molecule has 0 atom stereocenters. The SMILES string of the molecule is COc1ccc(-c2ccc3cnc(Nc4ccc5c(c4)COCCN5C)nn23)cn1. The third-order valence-corrected chi connectivity index (χ3v) is 5.22. The van der Waals surface area contributed by atoms with Gasteiger partial charge in [-0.05, 0) is 36.4 Å². The van der Waals surface area contributed by atoms with Crippen LogP contribution in [-0.2, 0) is 11.3 Å². The van der Waals surface area contributed by atoms with Gasteiger partial charge in [0.05, 0.1) is 37.7 Å². The van der Waals surface area contributed by atoms with Gasteiger partial charge in [-0.3, -0.25) is 0 Å². The number of anilines is 3. The fourth-order valence-electron chi connectivity index (χ4n) is 3.61. The van der Waals surface area contributed by atoms with Crippen LogP contribution in [-0.4, -0.2) is 46.9 Å². The summed E-state index contributed by atoms with van der Waals surface area (Å²) >= 11 is 0. The molecule has 5 rings (SSSR count). The lowest BCUT2D eigenvalue weighted by Gasteiger charge is -2.19. The number of aromatic nitrogens is 4. The molecule has 1 aromatic carbocycles. The molecular formula is C22H22N6O2. The minimum absolute atomic E-state index is 0.518. The zero-order valence-corrected chi connectivity index (χ0v) is 16.9. The molecule has 0 unspecified atom stereocenters. The molecule has 4 aromatic rings. The Labute approximate surface area is 174 Å². The van der Waals surface area contributed by atoms with Gasteiger partial charge in [0.1, 0.15) is 0 Å². The van der Waals surface area contributed by atoms with E-state index in [4.69, 9.17) is 9.47 Å². The van der Waals surface area contributed by atoms with Crippen molar-refractivity contribution in [3.63, 3.8) is 0 Å². The molecule has 0 saturated carbocycles. The van der Waals surface area contributed by atoms with E-state index in [-0.39, 0.29) is 0 Å². The van der Waals surface area contributed by atoms with Gasteiger partial charge < -0.3 is 19.7 Å². The number of nitrogens with zero attached hydrogens (tertiary/aromatic N) is 5. The van der Waals surface area contributed by atoms with E-state index < -0.39 is 0 Å². The number of fused-ring (bicyclic) bond motifs is 2. The molecule has 0 fully saturated rings. The summed E-state index contributed by atoms with van der Waals surface area (Å²) < 4.78 is 12.7. The van der Waals surface area contributed by atoms with E-state index in [1.54, 1.807) is 19.5 Å². The van der Waals surface area contributed by atoms with E-state index in [0.29, 0.717) is 18.4 Å². The molecule has 8 nitrogen and oxygen atoms in total. The van der Waals surface area contributed by atoms with Crippen LogP contribution in [0.4, 0.5) is 17.3 Å². The van der Waals surface area contributed by atoms with Crippen LogP contribution in [0.5, 0.6) is 5.88 Å². The van der Waals surface area contributed by atoms with E-state index >= 15 is 0 Å². The van der Waals surface area contributed by atoms with E-state index in [9.17, 15) is 0 Å². The maximum absolute atomic E-state index is 5.71. The summed E-state index contributed by atoms with van der Waals surface area (Å²) in [6, 6.07) is 14.0. The highest BCUT2D eigenvalue weighted by Gasteiger charge is 2.14. The molecule has 0 spiro atoms. The van der Waals surface area contributed by atoms with Crippen molar-refractivity contribution in [1.82, 2.24) is 19.6 Å². The molecule has 0 saturated heterocycles. The molecule has 0 amide bonds. The minimum Gasteiger partial charge on any atom is -0.481 e. The molecule has 3 aromatic heterocycles. The van der Waals surface area contributed by atoms with Gasteiger partial charge >= 0.3 is 0 Å². The maximum Gasteiger partial charge on any atom is 0.245 e. The predicted octanol–water partition coefficient (Wildman–Crippen LogP) is 3.51. The Morgan fingerprint density at radius 1 is 1.07 bits per heavy atom. The van der Waals surface area contributed by atoms with Gasteiger partial charge in [-0.2, -0.15) is 0 Å². The number of nitrogens with one attached hydrogen (secondary N) is 1. The van der Waals surface area contributed by atoms with Gasteiger partial charge in [-0.1, -0.05) is 0 Å². The number of pyridine rings is 1. The van der Waals surface area contributed by atoms with Gasteiger partial charge in [0.25, 0.3) is 0 Å². The summed E-state index contributed by atoms with van der Waals surface area (Å²) in [7, 11) is 3.69. The Balaban J connectivity index is 1.46. The van der Waals surface area contributed by atoms with Crippen molar-refractivity contribution in [2.75, 3.05) is 37.5 Å². The van der Waals surface area contributed by atoms with Gasteiger partial charge in [0.15, 0.2) is 0 Å². The zero-order chi connectivity index (χ0) is 20.5. The van der Waals surface area contributed by atoms with E-state index in [1.165, 1.54) is 5.69 Å². The molecule has 1 aliphatic heterocycles. The summed E-state index contributed by atoms with van der Waals surface area (Å²) in [6.07, 6.45) is 3.58. The van der Waals surface area contributed by atoms with Gasteiger partial charge in [-0.15, -0.1) is 5.10 Å². The Hall–Kier alpha value is -3.65. The number of hydrogen-bond acceptors (Lipinski definition) is 7. The normalized spacial score (nSPS) is 13.7. The van der Waals surface area contributed by atoms with E-state index in [2.05, 4.69) is 44.5 Å². The Morgan fingerprint density at radius 3 is 2.83 bits per heavy atom. The highest BCUT2D eigenvalue weighted by molar-refractivity contribution is 5.67. The second-order valence-electron chi connectivity index (χ2n) is 7.17. The number of hydrogen-bond donors (Lipinski definition) is 1. The summed E-state index contributed by atoms with van der Waals surface area (Å²) in [5.41, 5.74) is 6.05. The third kappa shape index (κ3) is 3.42. The Bertz CT molecular complexity index is 1190. The van der Waals surface area contributed by atoms with Crippen LogP contribution in [0.3, 0.4) is 0 Å². The van der Waals surface area contributed by atoms with Crippen molar-refractivity contribution in [1.29, 1.82) is 0 Å². The molecule has 152 valence electrons. The van der Waals surface area contributed by atoms with Crippen LogP contribution < -0.4 is 15.0 Å². The summed E-state index contributed by atoms with van der Waals surface area (Å²) in [6.45, 7) is 2.21. The number of likely N-dealkylation sites (N-methyl/N-ethyl adjacent to an activating group) is 1. The molecule has 0 aliphatic carbocycles. The quantitative estimate of drug-likeness (QED) is 0.560. The molecule has 30 heavy (non-hydrogen) atoms. The third-order valence-electron chi connectivity index (χ3n) is 5.22. The molecule has 4 heterocycles. The first-order chi connectivity index (χ1) is 14.7. The van der Waals surface area contributed by atoms with Crippen molar-refractivity contribution in [3.05, 3.63) is 60.4 Å². The molecule has 0 radical (unpaired) electrons. The smallest absolute Gasteiger partial charge is 0.245 e. The summed E-state index contributed by atoms with van der Waals surface area (Å²) in [5.74, 6) is 1.10. The highest BCUT2D eigenvalue weighted by Crippen LogP contribution is 2.28. The van der Waals surface area contributed by atoms with Crippen LogP contribution in [0.25, 0.3) is 16.8 Å². The molecule has 1 aliphatic rings. The van der Waals surface area contributed by atoms with Gasteiger partial charge in [0.2, 0.25) is 11.8 Å². The number of benzene rings is 1. The topological polar surface area (TPSA) is 76.8 Å². The zero-order valence-electron chi connectivity index (χ0n) is 16.9. The van der Waals surface area contributed by atoms with Crippen LogP contribution in [0, 0.1) is 0 Å². The fraction of sp³-hybridized carbons (Fsp3) is 0.227. The monoisotopic (exact) mass is 402 g/mol. The van der Waals surface area contributed by atoms with Crippen LogP contribution in [0.1, 0.15) is 5.56 Å². The average molecular weight is 402 g/mol. The molecule has 1 N–H and O–H groups in total. The number of methoxy groups -OCH3 is 1. The lowest BCUT2D eigenvalue weighted by atomic mass is 10.1. The van der Waals surface area contributed by atoms with E-state index in [0.717, 1.165) is 41.2 Å². The highest BCUT2D eigenvalue weighted by atomic mass is 16.5. The van der Waals surface area contributed by atoms with Gasteiger partial charge in [-0.25, -0.2) is 14.5 Å². The summed E-state index contributed by atoms with van der Waals surface area (Å²) in [5, 5.41) is 8.00. The Kier molecular flexibility index (Phi) is 4.68. The molecule has 8 heteroatoms. The first-order valence-corrected chi connectivity index (χ1v) is 9.75. The lowest BCUT2D eigenvalue weighted by Crippen LogP contribution is -2.20. The Morgan fingerprint density at radius 2 is 2.00 bits per heavy atom. The second kappa shape index (κ2) is 7.64. The maximum atomic E-state index is 5.71. The van der Waals surface area contributed by atoms with Crippen molar-refractivity contribution in [2.24, 2.45) is 0 Å². The standard InChI is InChI=1S/C22H22N6O2/c1-27-9-10-30-14-16-11-17(4-6-19(16)27)25-22-24-13-18-5-7-20(28(18)26-22)15-3-8-21(29-2)23-12-15/h3-8,11-13H,9-10,14H2,1-2H3,(H,25,26). The van der Waals surface area contributed by atoms with Crippen molar-refractivity contribution in [3.8, 4) is 17.1 Å². The van der Waals surface area contributed by atoms with E-state index in [1.807, 2.05) is 34.8 Å². The largest absolute Gasteiger partial charge is 0.481 e. The average Bonchev–Trinajstić information content (AvgIpc) is 3.11. The molecule has 0 bridgehead atoms. The van der Waals surface area contributed by atoms with Crippen LogP contribution >= 0.6 is 0 Å². The van der Waals surface area contributed by atoms with Gasteiger partial charge in [0, 0.05) is 48.4 Å². The number of ether oxygens (including phenoxy) is 2. The first kappa shape index (κ1) is 18.4. The molecular weight excluding hydrogens is 380 g/mol. The van der Waals surface area contributed by atoms with Crippen molar-refractivity contribution >= 4 is 22.8 Å². The van der Waals surface area contributed by atoms with Crippen LogP contribution in [0.2, 0.25) is 0 Å². The predicted molar refractivity (Wildman–Crippen MR) is 115 cm³/mol. The fourth-order valence-corrected chi connectivity index (χ4v) is 3.61.